The standard InChI is InChI=1S/C17H24N2S/c1-14-12-16-13-15(5-6-17(16)20-14)4-2-3-9-19-10-7-18-8-11-19/h5-6,12-13,18H,2-4,7-11H2,1H3. The van der Waals surface area contributed by atoms with Gasteiger partial charge in [-0.1, -0.05) is 12.1 Å². The first kappa shape index (κ1) is 14.1. The van der Waals surface area contributed by atoms with Crippen LogP contribution >= 0.6 is 11.3 Å². The summed E-state index contributed by atoms with van der Waals surface area (Å²) in [5, 5.41) is 4.83. The van der Waals surface area contributed by atoms with Crippen LogP contribution in [0, 0.1) is 6.92 Å². The summed E-state index contributed by atoms with van der Waals surface area (Å²) in [6.45, 7) is 8.22. The summed E-state index contributed by atoms with van der Waals surface area (Å²) in [6, 6.07) is 9.29. The minimum Gasteiger partial charge on any atom is -0.314 e. The molecule has 0 bridgehead atoms. The second-order valence-corrected chi connectivity index (χ2v) is 7.07. The van der Waals surface area contributed by atoms with E-state index in [4.69, 9.17) is 0 Å². The first-order chi connectivity index (χ1) is 9.81. The van der Waals surface area contributed by atoms with Gasteiger partial charge in [-0.05, 0) is 55.8 Å². The van der Waals surface area contributed by atoms with Gasteiger partial charge in [0, 0.05) is 35.8 Å². The summed E-state index contributed by atoms with van der Waals surface area (Å²) in [4.78, 5) is 4.00. The van der Waals surface area contributed by atoms with Crippen molar-refractivity contribution < 1.29 is 0 Å². The fraction of sp³-hybridized carbons (Fsp3) is 0.529. The Balaban J connectivity index is 1.46. The number of fused-ring (bicyclic) bond motifs is 1. The highest BCUT2D eigenvalue weighted by atomic mass is 32.1. The molecule has 2 nitrogen and oxygen atoms in total. The first-order valence-electron chi connectivity index (χ1n) is 7.73. The Bertz CT molecular complexity index is 555. The molecule has 1 aliphatic heterocycles. The second-order valence-electron chi connectivity index (χ2n) is 5.78. The lowest BCUT2D eigenvalue weighted by atomic mass is 10.1. The SMILES string of the molecule is Cc1cc2cc(CCCCN3CCNCC3)ccc2s1. The number of aryl methyl sites for hydroxylation is 2. The minimum absolute atomic E-state index is 1.16. The van der Waals surface area contributed by atoms with Crippen molar-refractivity contribution in [1.82, 2.24) is 10.2 Å². The average molecular weight is 288 g/mol. The number of nitrogens with zero attached hydrogens (tertiary/aromatic N) is 1. The maximum Gasteiger partial charge on any atom is 0.0345 e. The molecule has 1 saturated heterocycles. The maximum atomic E-state index is 3.41. The van der Waals surface area contributed by atoms with E-state index in [9.17, 15) is 0 Å². The van der Waals surface area contributed by atoms with E-state index < -0.39 is 0 Å². The number of hydrogen-bond acceptors (Lipinski definition) is 3. The summed E-state index contributed by atoms with van der Waals surface area (Å²) in [6.07, 6.45) is 3.84. The van der Waals surface area contributed by atoms with Crippen LogP contribution in [0.1, 0.15) is 23.3 Å². The molecule has 1 aromatic carbocycles. The molecule has 2 heterocycles. The lowest BCUT2D eigenvalue weighted by Crippen LogP contribution is -2.43. The molecule has 0 spiro atoms. The summed E-state index contributed by atoms with van der Waals surface area (Å²) in [5.41, 5.74) is 1.50. The molecule has 1 N–H and O–H groups in total. The van der Waals surface area contributed by atoms with Crippen molar-refractivity contribution >= 4 is 21.4 Å². The zero-order valence-electron chi connectivity index (χ0n) is 12.3. The van der Waals surface area contributed by atoms with E-state index in [1.807, 2.05) is 11.3 Å². The van der Waals surface area contributed by atoms with Crippen LogP contribution in [-0.4, -0.2) is 37.6 Å². The van der Waals surface area contributed by atoms with Crippen LogP contribution in [0.25, 0.3) is 10.1 Å². The lowest BCUT2D eigenvalue weighted by Gasteiger charge is -2.27. The third-order valence-corrected chi connectivity index (χ3v) is 5.13. The van der Waals surface area contributed by atoms with Crippen LogP contribution < -0.4 is 5.32 Å². The molecular formula is C17H24N2S. The van der Waals surface area contributed by atoms with E-state index in [0.29, 0.717) is 0 Å². The largest absolute Gasteiger partial charge is 0.314 e. The van der Waals surface area contributed by atoms with Gasteiger partial charge in [-0.3, -0.25) is 0 Å². The fourth-order valence-corrected chi connectivity index (χ4v) is 3.88. The summed E-state index contributed by atoms with van der Waals surface area (Å²) >= 11 is 1.90. The summed E-state index contributed by atoms with van der Waals surface area (Å²) in [5.74, 6) is 0. The van der Waals surface area contributed by atoms with Gasteiger partial charge in [0.15, 0.2) is 0 Å². The van der Waals surface area contributed by atoms with Crippen molar-refractivity contribution in [2.45, 2.75) is 26.2 Å². The van der Waals surface area contributed by atoms with Gasteiger partial charge in [0.25, 0.3) is 0 Å². The van der Waals surface area contributed by atoms with Crippen molar-refractivity contribution in [3.63, 3.8) is 0 Å². The predicted molar refractivity (Wildman–Crippen MR) is 88.8 cm³/mol. The molecule has 2 aromatic rings. The topological polar surface area (TPSA) is 15.3 Å². The zero-order chi connectivity index (χ0) is 13.8. The summed E-state index contributed by atoms with van der Waals surface area (Å²) < 4.78 is 1.42. The van der Waals surface area contributed by atoms with E-state index in [-0.39, 0.29) is 0 Å². The molecule has 3 rings (SSSR count). The Kier molecular flexibility index (Phi) is 4.71. The number of nitrogens with one attached hydrogen (secondary N) is 1. The molecule has 0 amide bonds. The molecule has 0 aliphatic carbocycles. The highest BCUT2D eigenvalue weighted by Crippen LogP contribution is 2.26. The van der Waals surface area contributed by atoms with Crippen LogP contribution in [0.3, 0.4) is 0 Å². The third-order valence-electron chi connectivity index (χ3n) is 4.10. The van der Waals surface area contributed by atoms with Crippen molar-refractivity contribution in [2.75, 3.05) is 32.7 Å². The molecular weight excluding hydrogens is 264 g/mol. The molecule has 0 radical (unpaired) electrons. The number of unbranched alkanes of at least 4 members (excludes halogenated alkanes) is 1. The van der Waals surface area contributed by atoms with Crippen LogP contribution in [0.15, 0.2) is 24.3 Å². The van der Waals surface area contributed by atoms with E-state index in [0.717, 1.165) is 13.1 Å². The van der Waals surface area contributed by atoms with Crippen LogP contribution in [0.4, 0.5) is 0 Å². The molecule has 1 aromatic heterocycles. The van der Waals surface area contributed by atoms with E-state index >= 15 is 0 Å². The highest BCUT2D eigenvalue weighted by Gasteiger charge is 2.08. The van der Waals surface area contributed by atoms with Crippen LogP contribution in [0.2, 0.25) is 0 Å². The second kappa shape index (κ2) is 6.70. The predicted octanol–water partition coefficient (Wildman–Crippen LogP) is 3.44. The molecule has 20 heavy (non-hydrogen) atoms. The Labute approximate surface area is 125 Å². The molecule has 108 valence electrons. The number of benzene rings is 1. The Hall–Kier alpha value is -0.900. The highest BCUT2D eigenvalue weighted by molar-refractivity contribution is 7.19. The average Bonchev–Trinajstić information content (AvgIpc) is 2.84. The van der Waals surface area contributed by atoms with Gasteiger partial charge in [-0.25, -0.2) is 0 Å². The summed E-state index contributed by atoms with van der Waals surface area (Å²) in [7, 11) is 0. The smallest absolute Gasteiger partial charge is 0.0345 e. The van der Waals surface area contributed by atoms with Crippen molar-refractivity contribution in [3.05, 3.63) is 34.7 Å². The maximum absolute atomic E-state index is 3.41. The Morgan fingerprint density at radius 1 is 1.15 bits per heavy atom. The minimum atomic E-state index is 1.16. The van der Waals surface area contributed by atoms with Crippen molar-refractivity contribution in [2.24, 2.45) is 0 Å². The first-order valence-corrected chi connectivity index (χ1v) is 8.55. The van der Waals surface area contributed by atoms with Crippen molar-refractivity contribution in [3.8, 4) is 0 Å². The number of hydrogen-bond donors (Lipinski definition) is 1. The van der Waals surface area contributed by atoms with E-state index in [2.05, 4.69) is 41.4 Å². The van der Waals surface area contributed by atoms with Gasteiger partial charge < -0.3 is 10.2 Å². The molecule has 0 saturated carbocycles. The molecule has 1 fully saturated rings. The van der Waals surface area contributed by atoms with Gasteiger partial charge in [0.2, 0.25) is 0 Å². The van der Waals surface area contributed by atoms with Gasteiger partial charge in [-0.15, -0.1) is 11.3 Å². The molecule has 3 heteroatoms. The quantitative estimate of drug-likeness (QED) is 0.848. The van der Waals surface area contributed by atoms with E-state index in [1.165, 1.54) is 59.4 Å². The fourth-order valence-electron chi connectivity index (χ4n) is 2.98. The lowest BCUT2D eigenvalue weighted by molar-refractivity contribution is 0.237. The Morgan fingerprint density at radius 3 is 2.85 bits per heavy atom. The van der Waals surface area contributed by atoms with Gasteiger partial charge in [0.1, 0.15) is 0 Å². The van der Waals surface area contributed by atoms with Gasteiger partial charge >= 0.3 is 0 Å². The zero-order valence-corrected chi connectivity index (χ0v) is 13.1. The van der Waals surface area contributed by atoms with E-state index in [1.54, 1.807) is 0 Å². The molecule has 1 aliphatic rings. The molecule has 0 unspecified atom stereocenters. The number of piperazine rings is 1. The van der Waals surface area contributed by atoms with Crippen LogP contribution in [-0.2, 0) is 6.42 Å². The monoisotopic (exact) mass is 288 g/mol. The van der Waals surface area contributed by atoms with Crippen LogP contribution in [0.5, 0.6) is 0 Å². The van der Waals surface area contributed by atoms with Gasteiger partial charge in [-0.2, -0.15) is 0 Å². The Morgan fingerprint density at radius 2 is 2.00 bits per heavy atom. The number of rotatable bonds is 5. The number of thiophene rings is 1. The normalized spacial score (nSPS) is 16.9. The third kappa shape index (κ3) is 3.60. The van der Waals surface area contributed by atoms with Gasteiger partial charge in [0.05, 0.1) is 0 Å². The molecule has 0 atom stereocenters. The van der Waals surface area contributed by atoms with Crippen molar-refractivity contribution in [1.29, 1.82) is 0 Å².